The summed E-state index contributed by atoms with van der Waals surface area (Å²) < 4.78 is 7.61. The van der Waals surface area contributed by atoms with Gasteiger partial charge in [-0.15, -0.1) is 0 Å². The van der Waals surface area contributed by atoms with E-state index in [4.69, 9.17) is 4.74 Å². The molecule has 1 fully saturated rings. The van der Waals surface area contributed by atoms with E-state index in [1.165, 1.54) is 27.9 Å². The van der Waals surface area contributed by atoms with E-state index in [0.717, 1.165) is 49.0 Å². The van der Waals surface area contributed by atoms with E-state index in [0.29, 0.717) is 0 Å². The minimum Gasteiger partial charge on any atom is -0.378 e. The number of nitrogens with zero attached hydrogens (tertiary/aromatic N) is 3. The van der Waals surface area contributed by atoms with Crippen LogP contribution in [0.4, 0.5) is 17.1 Å². The van der Waals surface area contributed by atoms with Gasteiger partial charge in [-0.1, -0.05) is 0 Å². The summed E-state index contributed by atoms with van der Waals surface area (Å²) in [4.78, 5) is 6.99. The molecule has 1 aliphatic heterocycles. The molecule has 0 amide bonds. The summed E-state index contributed by atoms with van der Waals surface area (Å²) in [6, 6.07) is 17.4. The number of nitrogens with one attached hydrogen (secondary N) is 1. The maximum Gasteiger partial charge on any atom is 0.161 e. The van der Waals surface area contributed by atoms with Gasteiger partial charge >= 0.3 is 0 Å². The van der Waals surface area contributed by atoms with Crippen molar-refractivity contribution in [2.24, 2.45) is 0 Å². The lowest BCUT2D eigenvalue weighted by Gasteiger charge is -2.29. The van der Waals surface area contributed by atoms with Crippen molar-refractivity contribution in [2.75, 3.05) is 36.5 Å². The molecule has 0 radical (unpaired) electrons. The van der Waals surface area contributed by atoms with Gasteiger partial charge in [0.05, 0.1) is 24.6 Å². The van der Waals surface area contributed by atoms with Gasteiger partial charge in [0.2, 0.25) is 0 Å². The summed E-state index contributed by atoms with van der Waals surface area (Å²) >= 11 is 0. The van der Waals surface area contributed by atoms with Crippen molar-refractivity contribution >= 4 is 22.7 Å². The Hall–Kier alpha value is -3.31. The van der Waals surface area contributed by atoms with E-state index < -0.39 is 0 Å². The minimum absolute atomic E-state index is 0.796. The summed E-state index contributed by atoms with van der Waals surface area (Å²) in [6.07, 6.45) is 3.89. The van der Waals surface area contributed by atoms with Gasteiger partial charge in [0.25, 0.3) is 0 Å². The average molecular weight is 413 g/mol. The molecule has 0 spiro atoms. The van der Waals surface area contributed by atoms with E-state index in [1.807, 2.05) is 12.4 Å². The number of fused-ring (bicyclic) bond motifs is 1. The molecule has 2 aromatic carbocycles. The highest BCUT2D eigenvalue weighted by molar-refractivity contribution is 5.78. The predicted molar refractivity (Wildman–Crippen MR) is 128 cm³/mol. The van der Waals surface area contributed by atoms with Gasteiger partial charge in [-0.25, -0.2) is 4.98 Å². The van der Waals surface area contributed by atoms with Crippen LogP contribution in [0.1, 0.15) is 16.7 Å². The van der Waals surface area contributed by atoms with Crippen LogP contribution in [-0.4, -0.2) is 35.7 Å². The number of hydrogen-bond donors (Lipinski definition) is 1. The van der Waals surface area contributed by atoms with Crippen molar-refractivity contribution in [1.82, 2.24) is 9.38 Å². The van der Waals surface area contributed by atoms with Crippen molar-refractivity contribution in [3.63, 3.8) is 0 Å². The third-order valence-electron chi connectivity index (χ3n) is 6.29. The van der Waals surface area contributed by atoms with Gasteiger partial charge < -0.3 is 15.0 Å². The predicted octanol–water partition coefficient (Wildman–Crippen LogP) is 5.51. The molecule has 0 bridgehead atoms. The molecule has 158 valence electrons. The lowest BCUT2D eigenvalue weighted by molar-refractivity contribution is 0.122. The van der Waals surface area contributed by atoms with E-state index in [-0.39, 0.29) is 0 Å². The average Bonchev–Trinajstić information content (AvgIpc) is 3.29. The fraction of sp³-hybridized carbons (Fsp3) is 0.269. The number of anilines is 3. The first kappa shape index (κ1) is 19.6. The molecule has 3 heterocycles. The number of hydrogen-bond acceptors (Lipinski definition) is 4. The van der Waals surface area contributed by atoms with Crippen LogP contribution in [0.3, 0.4) is 0 Å². The topological polar surface area (TPSA) is 41.8 Å². The molecule has 0 aliphatic carbocycles. The standard InChI is InChI=1S/C26H28N4O/c1-18-16-21(17-19(2)20(18)3)25-9-8-24(26-27-10-11-30(25)26)28-22-4-6-23(7-5-22)29-12-14-31-15-13-29/h4-11,16-17,28H,12-15H2,1-3H3. The molecule has 1 saturated heterocycles. The summed E-state index contributed by atoms with van der Waals surface area (Å²) in [5.41, 5.74) is 10.5. The first-order valence-corrected chi connectivity index (χ1v) is 10.8. The maximum absolute atomic E-state index is 5.45. The Balaban J connectivity index is 1.44. The summed E-state index contributed by atoms with van der Waals surface area (Å²) in [5, 5.41) is 3.55. The van der Waals surface area contributed by atoms with Crippen LogP contribution in [0.2, 0.25) is 0 Å². The Bertz CT molecular complexity index is 1200. The molecule has 1 aliphatic rings. The third kappa shape index (κ3) is 3.77. The second-order valence-corrected chi connectivity index (χ2v) is 8.26. The summed E-state index contributed by atoms with van der Waals surface area (Å²) in [7, 11) is 0. The smallest absolute Gasteiger partial charge is 0.161 e. The number of benzene rings is 2. The van der Waals surface area contributed by atoms with Crippen LogP contribution in [0, 0.1) is 20.8 Å². The van der Waals surface area contributed by atoms with E-state index in [9.17, 15) is 0 Å². The van der Waals surface area contributed by atoms with Crippen LogP contribution in [0.15, 0.2) is 60.9 Å². The number of pyridine rings is 1. The van der Waals surface area contributed by atoms with Gasteiger partial charge in [-0.3, -0.25) is 4.40 Å². The maximum atomic E-state index is 5.45. The SMILES string of the molecule is Cc1cc(-c2ccc(Nc3ccc(N4CCOCC4)cc3)c3nccn23)cc(C)c1C. The zero-order valence-corrected chi connectivity index (χ0v) is 18.4. The molecule has 0 atom stereocenters. The van der Waals surface area contributed by atoms with Gasteiger partial charge in [0.1, 0.15) is 0 Å². The summed E-state index contributed by atoms with van der Waals surface area (Å²) in [5.74, 6) is 0. The Morgan fingerprint density at radius 2 is 1.61 bits per heavy atom. The number of morpholine rings is 1. The van der Waals surface area contributed by atoms with Crippen molar-refractivity contribution in [1.29, 1.82) is 0 Å². The first-order chi connectivity index (χ1) is 15.1. The highest BCUT2D eigenvalue weighted by atomic mass is 16.5. The van der Waals surface area contributed by atoms with Gasteiger partial charge in [-0.05, 0) is 91.6 Å². The molecule has 1 N–H and O–H groups in total. The monoisotopic (exact) mass is 412 g/mol. The Morgan fingerprint density at radius 1 is 0.903 bits per heavy atom. The molecule has 4 aromatic rings. The second-order valence-electron chi connectivity index (χ2n) is 8.26. The van der Waals surface area contributed by atoms with E-state index in [1.54, 1.807) is 0 Å². The van der Waals surface area contributed by atoms with E-state index >= 15 is 0 Å². The third-order valence-corrected chi connectivity index (χ3v) is 6.29. The number of aromatic nitrogens is 2. The lowest BCUT2D eigenvalue weighted by Crippen LogP contribution is -2.36. The number of imidazole rings is 1. The normalized spacial score (nSPS) is 14.2. The highest BCUT2D eigenvalue weighted by Gasteiger charge is 2.13. The highest BCUT2D eigenvalue weighted by Crippen LogP contribution is 2.30. The molecule has 2 aromatic heterocycles. The molecular weight excluding hydrogens is 384 g/mol. The zero-order valence-electron chi connectivity index (χ0n) is 18.4. The number of ether oxygens (including phenoxy) is 1. The van der Waals surface area contributed by atoms with Crippen LogP contribution in [0.5, 0.6) is 0 Å². The number of aryl methyl sites for hydroxylation is 2. The molecular formula is C26H28N4O. The molecule has 31 heavy (non-hydrogen) atoms. The molecule has 5 heteroatoms. The Kier molecular flexibility index (Phi) is 5.12. The van der Waals surface area contributed by atoms with Crippen molar-refractivity contribution < 1.29 is 4.74 Å². The first-order valence-electron chi connectivity index (χ1n) is 10.8. The Labute approximate surface area is 183 Å². The molecule has 5 nitrogen and oxygen atoms in total. The lowest BCUT2D eigenvalue weighted by atomic mass is 9.98. The van der Waals surface area contributed by atoms with Crippen LogP contribution < -0.4 is 10.2 Å². The van der Waals surface area contributed by atoms with Crippen molar-refractivity contribution in [2.45, 2.75) is 20.8 Å². The molecule has 0 unspecified atom stereocenters. The van der Waals surface area contributed by atoms with Crippen molar-refractivity contribution in [3.05, 3.63) is 77.6 Å². The van der Waals surface area contributed by atoms with Crippen molar-refractivity contribution in [3.8, 4) is 11.3 Å². The van der Waals surface area contributed by atoms with Gasteiger partial charge in [-0.2, -0.15) is 0 Å². The Morgan fingerprint density at radius 3 is 2.32 bits per heavy atom. The quantitative estimate of drug-likeness (QED) is 0.480. The minimum atomic E-state index is 0.796. The fourth-order valence-electron chi connectivity index (χ4n) is 4.26. The van der Waals surface area contributed by atoms with Crippen LogP contribution in [-0.2, 0) is 4.74 Å². The van der Waals surface area contributed by atoms with Gasteiger partial charge in [0.15, 0.2) is 5.65 Å². The molecule has 0 saturated carbocycles. The van der Waals surface area contributed by atoms with E-state index in [2.05, 4.69) is 88.9 Å². The molecule has 5 rings (SSSR count). The largest absolute Gasteiger partial charge is 0.378 e. The number of rotatable bonds is 4. The summed E-state index contributed by atoms with van der Waals surface area (Å²) in [6.45, 7) is 10.0. The fourth-order valence-corrected chi connectivity index (χ4v) is 4.26. The van der Waals surface area contributed by atoms with Crippen LogP contribution >= 0.6 is 0 Å². The zero-order chi connectivity index (χ0) is 21.4. The van der Waals surface area contributed by atoms with Gasteiger partial charge in [0, 0.05) is 36.9 Å². The second kappa shape index (κ2) is 8.08. The van der Waals surface area contributed by atoms with Crippen LogP contribution in [0.25, 0.3) is 16.9 Å².